The molecule has 0 atom stereocenters. The summed E-state index contributed by atoms with van der Waals surface area (Å²) in [6, 6.07) is 66.8. The molecule has 0 amide bonds. The molecule has 0 aliphatic carbocycles. The van der Waals surface area contributed by atoms with E-state index in [0.29, 0.717) is 0 Å². The third kappa shape index (κ3) is 7.36. The van der Waals surface area contributed by atoms with E-state index in [4.69, 9.17) is 4.42 Å². The summed E-state index contributed by atoms with van der Waals surface area (Å²) in [6.07, 6.45) is 16.4. The smallest absolute Gasteiger partial charge is 0.142 e. The molecular formula is C60H43NO. The monoisotopic (exact) mass is 793 g/mol. The van der Waals surface area contributed by atoms with Crippen LogP contribution in [-0.2, 0) is 0 Å². The largest absolute Gasteiger partial charge is 0.455 e. The molecular weight excluding hydrogens is 751 g/mol. The third-order valence-corrected chi connectivity index (χ3v) is 11.7. The number of benzene rings is 9. The molecule has 0 saturated carbocycles. The van der Waals surface area contributed by atoms with E-state index in [1.807, 2.05) is 18.2 Å². The molecule has 0 fully saturated rings. The van der Waals surface area contributed by atoms with Crippen LogP contribution in [0.1, 0.15) is 11.1 Å². The van der Waals surface area contributed by atoms with Crippen LogP contribution in [0, 0.1) is 0 Å². The highest BCUT2D eigenvalue weighted by atomic mass is 16.3. The van der Waals surface area contributed by atoms with Crippen molar-refractivity contribution in [2.24, 2.45) is 0 Å². The standard InChI is InChI=1S/C60H43NO/c1-3-5-26-51(39-50-24-15-32-57-58-40-47-19-6-7-20-48(47)41-59(58)62-60(50)57)61(52-27-12-23-49(38-52)56-31-14-22-45-18-9-11-29-54(45)56)37-16-25-42(4-2)43-33-35-46(36-34-43)55-30-13-21-44-17-8-10-28-53(44)55/h3-41H,1-2H2/b26-5-,37-16+,42-25+,51-39-. The second-order valence-corrected chi connectivity index (χ2v) is 15.4. The van der Waals surface area contributed by atoms with E-state index >= 15 is 0 Å². The lowest BCUT2D eigenvalue weighted by molar-refractivity contribution is 0.668. The second-order valence-electron chi connectivity index (χ2n) is 15.4. The molecule has 1 aromatic heterocycles. The molecule has 0 N–H and O–H groups in total. The molecule has 0 unspecified atom stereocenters. The van der Waals surface area contributed by atoms with Crippen LogP contribution >= 0.6 is 0 Å². The molecule has 9 aromatic carbocycles. The van der Waals surface area contributed by atoms with E-state index in [-0.39, 0.29) is 0 Å². The summed E-state index contributed by atoms with van der Waals surface area (Å²) in [5, 5.41) is 9.42. The Hall–Kier alpha value is -8.20. The average molecular weight is 794 g/mol. The maximum absolute atomic E-state index is 6.69. The van der Waals surface area contributed by atoms with E-state index in [1.165, 1.54) is 43.6 Å². The molecule has 0 radical (unpaired) electrons. The van der Waals surface area contributed by atoms with Crippen LogP contribution < -0.4 is 4.90 Å². The first-order valence-corrected chi connectivity index (χ1v) is 21.0. The Labute approximate surface area is 362 Å². The number of hydrogen-bond acceptors (Lipinski definition) is 2. The molecule has 0 spiro atoms. The van der Waals surface area contributed by atoms with Crippen LogP contribution in [0.4, 0.5) is 5.69 Å². The number of furan rings is 1. The number of fused-ring (bicyclic) bond motifs is 6. The van der Waals surface area contributed by atoms with Crippen molar-refractivity contribution in [2.75, 3.05) is 4.90 Å². The van der Waals surface area contributed by atoms with E-state index in [0.717, 1.165) is 61.0 Å². The Kier molecular flexibility index (Phi) is 10.3. The Morgan fingerprint density at radius 2 is 1.11 bits per heavy atom. The van der Waals surface area contributed by atoms with Gasteiger partial charge in [0.2, 0.25) is 0 Å². The fourth-order valence-corrected chi connectivity index (χ4v) is 8.60. The van der Waals surface area contributed by atoms with Gasteiger partial charge in [0.25, 0.3) is 0 Å². The predicted octanol–water partition coefficient (Wildman–Crippen LogP) is 16.8. The van der Waals surface area contributed by atoms with Gasteiger partial charge in [-0.15, -0.1) is 0 Å². The van der Waals surface area contributed by atoms with Crippen molar-refractivity contribution < 1.29 is 4.42 Å². The highest BCUT2D eigenvalue weighted by molar-refractivity contribution is 6.12. The Balaban J connectivity index is 1.08. The van der Waals surface area contributed by atoms with Crippen LogP contribution in [0.25, 0.3) is 88.2 Å². The van der Waals surface area contributed by atoms with Crippen molar-refractivity contribution in [3.63, 3.8) is 0 Å². The minimum Gasteiger partial charge on any atom is -0.455 e. The SMILES string of the molecule is C=C/C=C\C(=C\c1cccc2c1oc1cc3ccccc3cc12)N(/C=C/C=C(\C=C)c1ccc(-c2cccc3ccccc23)cc1)c1cccc(-c2cccc3ccccc23)c1. The normalized spacial score (nSPS) is 12.4. The summed E-state index contributed by atoms with van der Waals surface area (Å²) in [7, 11) is 0. The van der Waals surface area contributed by atoms with Gasteiger partial charge in [0.05, 0.1) is 0 Å². The number of nitrogens with zero attached hydrogens (tertiary/aromatic N) is 1. The maximum atomic E-state index is 6.69. The molecule has 2 heteroatoms. The maximum Gasteiger partial charge on any atom is 0.142 e. The number of hydrogen-bond donors (Lipinski definition) is 0. The Bertz CT molecular complexity index is 3430. The van der Waals surface area contributed by atoms with E-state index < -0.39 is 0 Å². The predicted molar refractivity (Wildman–Crippen MR) is 267 cm³/mol. The summed E-state index contributed by atoms with van der Waals surface area (Å²) in [4.78, 5) is 2.23. The summed E-state index contributed by atoms with van der Waals surface area (Å²) >= 11 is 0. The first-order chi connectivity index (χ1) is 30.6. The topological polar surface area (TPSA) is 16.4 Å². The molecule has 2 nitrogen and oxygen atoms in total. The Morgan fingerprint density at radius 1 is 0.500 bits per heavy atom. The van der Waals surface area contributed by atoms with Crippen LogP contribution in [0.3, 0.4) is 0 Å². The Morgan fingerprint density at radius 3 is 1.82 bits per heavy atom. The quantitative estimate of drug-likeness (QED) is 0.121. The molecule has 294 valence electrons. The first-order valence-electron chi connectivity index (χ1n) is 21.0. The lowest BCUT2D eigenvalue weighted by Crippen LogP contribution is -2.14. The van der Waals surface area contributed by atoms with Crippen LogP contribution in [0.15, 0.2) is 254 Å². The molecule has 10 rings (SSSR count). The summed E-state index contributed by atoms with van der Waals surface area (Å²) in [5.41, 5.74) is 11.4. The lowest BCUT2D eigenvalue weighted by Gasteiger charge is -2.23. The van der Waals surface area contributed by atoms with Gasteiger partial charge in [-0.2, -0.15) is 0 Å². The van der Waals surface area contributed by atoms with E-state index in [2.05, 4.69) is 237 Å². The lowest BCUT2D eigenvalue weighted by atomic mass is 9.96. The van der Waals surface area contributed by atoms with Crippen molar-refractivity contribution in [1.82, 2.24) is 0 Å². The fourth-order valence-electron chi connectivity index (χ4n) is 8.60. The van der Waals surface area contributed by atoms with Crippen molar-refractivity contribution in [2.45, 2.75) is 0 Å². The zero-order valence-electron chi connectivity index (χ0n) is 34.3. The first kappa shape index (κ1) is 38.0. The number of allylic oxidation sites excluding steroid dienone is 7. The van der Waals surface area contributed by atoms with Gasteiger partial charge in [-0.05, 0) is 108 Å². The van der Waals surface area contributed by atoms with Gasteiger partial charge >= 0.3 is 0 Å². The minimum atomic E-state index is 0.844. The molecule has 0 bridgehead atoms. The van der Waals surface area contributed by atoms with Gasteiger partial charge in [0.1, 0.15) is 11.2 Å². The van der Waals surface area contributed by atoms with E-state index in [1.54, 1.807) is 0 Å². The second kappa shape index (κ2) is 16.8. The van der Waals surface area contributed by atoms with E-state index in [9.17, 15) is 0 Å². The summed E-state index contributed by atoms with van der Waals surface area (Å²) < 4.78 is 6.69. The highest BCUT2D eigenvalue weighted by Crippen LogP contribution is 2.37. The van der Waals surface area contributed by atoms with Gasteiger partial charge in [-0.3, -0.25) is 0 Å². The van der Waals surface area contributed by atoms with Gasteiger partial charge in [-0.1, -0.05) is 201 Å². The van der Waals surface area contributed by atoms with Crippen molar-refractivity contribution in [3.8, 4) is 22.3 Å². The van der Waals surface area contributed by atoms with Crippen LogP contribution in [0.2, 0.25) is 0 Å². The fraction of sp³-hybridized carbons (Fsp3) is 0. The van der Waals surface area contributed by atoms with Gasteiger partial charge in [-0.25, -0.2) is 0 Å². The number of rotatable bonds is 11. The molecule has 1 heterocycles. The molecule has 0 aliphatic rings. The average Bonchev–Trinajstić information content (AvgIpc) is 3.70. The summed E-state index contributed by atoms with van der Waals surface area (Å²) in [5.74, 6) is 0. The van der Waals surface area contributed by atoms with Gasteiger partial charge < -0.3 is 9.32 Å². The van der Waals surface area contributed by atoms with Gasteiger partial charge in [0.15, 0.2) is 0 Å². The summed E-state index contributed by atoms with van der Waals surface area (Å²) in [6.45, 7) is 8.26. The minimum absolute atomic E-state index is 0.844. The molecule has 10 aromatic rings. The van der Waals surface area contributed by atoms with Crippen molar-refractivity contribution >= 4 is 71.6 Å². The molecule has 62 heavy (non-hydrogen) atoms. The van der Waals surface area contributed by atoms with Gasteiger partial charge in [0, 0.05) is 33.9 Å². The van der Waals surface area contributed by atoms with Crippen molar-refractivity contribution in [1.29, 1.82) is 0 Å². The molecule has 0 aliphatic heterocycles. The zero-order valence-corrected chi connectivity index (χ0v) is 34.3. The molecule has 0 saturated heterocycles. The third-order valence-electron chi connectivity index (χ3n) is 11.7. The van der Waals surface area contributed by atoms with Crippen molar-refractivity contribution in [3.05, 3.63) is 261 Å². The number of anilines is 1. The zero-order chi connectivity index (χ0) is 41.8. The highest BCUT2D eigenvalue weighted by Gasteiger charge is 2.15. The van der Waals surface area contributed by atoms with Crippen LogP contribution in [-0.4, -0.2) is 0 Å². The van der Waals surface area contributed by atoms with Crippen LogP contribution in [0.5, 0.6) is 0 Å². The number of para-hydroxylation sites is 1.